The minimum Gasteiger partial charge on any atom is -0.480 e. The molecule has 0 aliphatic heterocycles. The first-order valence-electron chi connectivity index (χ1n) is 6.86. The van der Waals surface area contributed by atoms with Crippen molar-refractivity contribution in [1.29, 1.82) is 0 Å². The lowest BCUT2D eigenvalue weighted by Gasteiger charge is -2.14. The van der Waals surface area contributed by atoms with Crippen LogP contribution in [0.4, 0.5) is 10.5 Å². The molecule has 1 aromatic carbocycles. The van der Waals surface area contributed by atoms with E-state index in [4.69, 9.17) is 21.8 Å². The fourth-order valence-electron chi connectivity index (χ4n) is 1.67. The maximum Gasteiger partial charge on any atom is 0.326 e. The molecule has 126 valence electrons. The number of rotatable bonds is 8. The van der Waals surface area contributed by atoms with Gasteiger partial charge in [-0.3, -0.25) is 4.79 Å². The van der Waals surface area contributed by atoms with Crippen molar-refractivity contribution in [2.75, 3.05) is 18.5 Å². The summed E-state index contributed by atoms with van der Waals surface area (Å²) in [5.41, 5.74) is 0.499. The molecule has 0 saturated heterocycles. The van der Waals surface area contributed by atoms with Gasteiger partial charge in [0.1, 0.15) is 6.04 Å². The Kier molecular flexibility index (Phi) is 7.86. The number of aliphatic hydroxyl groups is 1. The lowest BCUT2D eigenvalue weighted by molar-refractivity contribution is -0.141. The van der Waals surface area contributed by atoms with Gasteiger partial charge in [0.15, 0.2) is 0 Å². The Balaban J connectivity index is 2.37. The molecule has 0 fully saturated rings. The quantitative estimate of drug-likeness (QED) is 0.477. The first-order chi connectivity index (χ1) is 10.9. The van der Waals surface area contributed by atoms with Crippen molar-refractivity contribution >= 4 is 35.2 Å². The molecular formula is C14H18ClN3O5. The summed E-state index contributed by atoms with van der Waals surface area (Å²) in [5.74, 6) is -1.83. The molecule has 0 aromatic heterocycles. The third kappa shape index (κ3) is 7.48. The lowest BCUT2D eigenvalue weighted by Crippen LogP contribution is -2.46. The summed E-state index contributed by atoms with van der Waals surface area (Å²) in [6, 6.07) is 4.68. The number of carboxylic acid groups (broad SMARTS) is 1. The number of aliphatic hydroxyl groups excluding tert-OH is 1. The number of aliphatic carboxylic acids is 1. The van der Waals surface area contributed by atoms with Gasteiger partial charge in [0.2, 0.25) is 5.91 Å². The van der Waals surface area contributed by atoms with E-state index in [0.717, 1.165) is 0 Å². The third-order valence-electron chi connectivity index (χ3n) is 2.80. The second-order valence-electron chi connectivity index (χ2n) is 4.64. The number of hydrogen-bond donors (Lipinski definition) is 5. The third-order valence-corrected chi connectivity index (χ3v) is 3.05. The summed E-state index contributed by atoms with van der Waals surface area (Å²) in [4.78, 5) is 34.2. The Hall–Kier alpha value is -2.32. The standard InChI is InChI=1S/C14H18ClN3O5/c15-9-3-5-10(6-4-9)17-14(23)16-8-12(20)18-11(13(21)22)2-1-7-19/h3-6,11,19H,1-2,7-8H2,(H,18,20)(H,21,22)(H2,16,17,23). The first kappa shape index (κ1) is 18.7. The molecule has 3 amide bonds. The molecular weight excluding hydrogens is 326 g/mol. The molecule has 0 aliphatic rings. The molecule has 0 bridgehead atoms. The molecule has 0 saturated carbocycles. The van der Waals surface area contributed by atoms with Gasteiger partial charge in [-0.2, -0.15) is 0 Å². The number of anilines is 1. The largest absolute Gasteiger partial charge is 0.480 e. The van der Waals surface area contributed by atoms with Gasteiger partial charge >= 0.3 is 12.0 Å². The number of halogens is 1. The van der Waals surface area contributed by atoms with Crippen molar-refractivity contribution < 1.29 is 24.6 Å². The van der Waals surface area contributed by atoms with Crippen molar-refractivity contribution in [2.24, 2.45) is 0 Å². The average molecular weight is 344 g/mol. The normalized spacial score (nSPS) is 11.4. The van der Waals surface area contributed by atoms with Crippen LogP contribution in [0, 0.1) is 0 Å². The molecule has 0 heterocycles. The summed E-state index contributed by atoms with van der Waals surface area (Å²) in [5, 5.41) is 25.2. The second-order valence-corrected chi connectivity index (χ2v) is 5.08. The number of nitrogens with one attached hydrogen (secondary N) is 3. The van der Waals surface area contributed by atoms with Crippen LogP contribution in [0.25, 0.3) is 0 Å². The Bertz CT molecular complexity index is 550. The molecule has 1 aromatic rings. The van der Waals surface area contributed by atoms with Gasteiger partial charge in [-0.15, -0.1) is 0 Å². The summed E-state index contributed by atoms with van der Waals surface area (Å²) in [7, 11) is 0. The predicted octanol–water partition coefficient (Wildman–Crippen LogP) is 0.803. The average Bonchev–Trinajstić information content (AvgIpc) is 2.51. The predicted molar refractivity (Wildman–Crippen MR) is 84.4 cm³/mol. The second kappa shape index (κ2) is 9.65. The Morgan fingerprint density at radius 3 is 2.39 bits per heavy atom. The molecule has 0 radical (unpaired) electrons. The highest BCUT2D eigenvalue weighted by atomic mass is 35.5. The van der Waals surface area contributed by atoms with Crippen molar-refractivity contribution in [3.8, 4) is 0 Å². The van der Waals surface area contributed by atoms with Crippen LogP contribution in [0.2, 0.25) is 5.02 Å². The highest BCUT2D eigenvalue weighted by molar-refractivity contribution is 6.30. The van der Waals surface area contributed by atoms with E-state index < -0.39 is 23.9 Å². The van der Waals surface area contributed by atoms with Crippen molar-refractivity contribution in [3.63, 3.8) is 0 Å². The summed E-state index contributed by atoms with van der Waals surface area (Å²) < 4.78 is 0. The number of amides is 3. The molecule has 0 aliphatic carbocycles. The van der Waals surface area contributed by atoms with Crippen LogP contribution >= 0.6 is 11.6 Å². The van der Waals surface area contributed by atoms with Gasteiger partial charge in [0.25, 0.3) is 0 Å². The fourth-order valence-corrected chi connectivity index (χ4v) is 1.79. The van der Waals surface area contributed by atoms with E-state index in [9.17, 15) is 14.4 Å². The maximum absolute atomic E-state index is 11.6. The van der Waals surface area contributed by atoms with Crippen LogP contribution in [0.1, 0.15) is 12.8 Å². The maximum atomic E-state index is 11.6. The first-order valence-corrected chi connectivity index (χ1v) is 7.23. The molecule has 1 rings (SSSR count). The number of carboxylic acids is 1. The highest BCUT2D eigenvalue weighted by Gasteiger charge is 2.19. The van der Waals surface area contributed by atoms with E-state index in [-0.39, 0.29) is 26.0 Å². The van der Waals surface area contributed by atoms with Crippen molar-refractivity contribution in [2.45, 2.75) is 18.9 Å². The summed E-state index contributed by atoms with van der Waals surface area (Å²) in [6.45, 7) is -0.538. The molecule has 23 heavy (non-hydrogen) atoms. The smallest absolute Gasteiger partial charge is 0.326 e. The topological polar surface area (TPSA) is 128 Å². The minimum absolute atomic E-state index is 0.106. The zero-order chi connectivity index (χ0) is 17.2. The van der Waals surface area contributed by atoms with Gasteiger partial charge in [0, 0.05) is 17.3 Å². The summed E-state index contributed by atoms with van der Waals surface area (Å²) >= 11 is 5.72. The van der Waals surface area contributed by atoms with E-state index in [1.165, 1.54) is 0 Å². The Labute approximate surface area is 137 Å². The molecule has 0 spiro atoms. The van der Waals surface area contributed by atoms with E-state index in [0.29, 0.717) is 10.7 Å². The van der Waals surface area contributed by atoms with Gasteiger partial charge in [-0.1, -0.05) is 11.6 Å². The molecule has 8 nitrogen and oxygen atoms in total. The van der Waals surface area contributed by atoms with E-state index >= 15 is 0 Å². The number of urea groups is 1. The number of benzene rings is 1. The summed E-state index contributed by atoms with van der Waals surface area (Å²) in [6.07, 6.45) is 0.357. The van der Waals surface area contributed by atoms with Crippen LogP contribution in [0.3, 0.4) is 0 Å². The van der Waals surface area contributed by atoms with Gasteiger partial charge in [-0.05, 0) is 37.1 Å². The Morgan fingerprint density at radius 1 is 1.17 bits per heavy atom. The molecule has 9 heteroatoms. The zero-order valence-electron chi connectivity index (χ0n) is 12.2. The minimum atomic E-state index is -1.20. The van der Waals surface area contributed by atoms with Gasteiger partial charge < -0.3 is 26.2 Å². The van der Waals surface area contributed by atoms with E-state index in [2.05, 4.69) is 16.0 Å². The number of carbonyl (C=O) groups is 3. The van der Waals surface area contributed by atoms with Crippen LogP contribution in [0.5, 0.6) is 0 Å². The van der Waals surface area contributed by atoms with E-state index in [1.54, 1.807) is 24.3 Å². The zero-order valence-corrected chi connectivity index (χ0v) is 13.0. The number of hydrogen-bond acceptors (Lipinski definition) is 4. The molecule has 5 N–H and O–H groups in total. The van der Waals surface area contributed by atoms with Crippen LogP contribution in [-0.4, -0.2) is 47.3 Å². The van der Waals surface area contributed by atoms with Crippen molar-refractivity contribution in [1.82, 2.24) is 10.6 Å². The molecule has 1 atom stereocenters. The number of carbonyl (C=O) groups excluding carboxylic acids is 2. The highest BCUT2D eigenvalue weighted by Crippen LogP contribution is 2.12. The van der Waals surface area contributed by atoms with Crippen LogP contribution < -0.4 is 16.0 Å². The van der Waals surface area contributed by atoms with Gasteiger partial charge in [-0.25, -0.2) is 9.59 Å². The SMILES string of the molecule is O=C(CNC(=O)Nc1ccc(Cl)cc1)NC(CCCO)C(=O)O. The van der Waals surface area contributed by atoms with Crippen molar-refractivity contribution in [3.05, 3.63) is 29.3 Å². The lowest BCUT2D eigenvalue weighted by atomic mass is 10.1. The van der Waals surface area contributed by atoms with Gasteiger partial charge in [0.05, 0.1) is 6.54 Å². The van der Waals surface area contributed by atoms with E-state index in [1.807, 2.05) is 0 Å². The fraction of sp³-hybridized carbons (Fsp3) is 0.357. The van der Waals surface area contributed by atoms with Crippen LogP contribution in [0.15, 0.2) is 24.3 Å². The van der Waals surface area contributed by atoms with Crippen LogP contribution in [-0.2, 0) is 9.59 Å². The monoisotopic (exact) mass is 343 g/mol. The molecule has 1 unspecified atom stereocenters. The Morgan fingerprint density at radius 2 is 1.83 bits per heavy atom.